The van der Waals surface area contributed by atoms with Crippen molar-refractivity contribution in [2.45, 2.75) is 30.0 Å². The number of rotatable bonds is 3. The van der Waals surface area contributed by atoms with Crippen LogP contribution < -0.4 is 10.0 Å². The number of hydrogen-bond acceptors (Lipinski definition) is 4. The summed E-state index contributed by atoms with van der Waals surface area (Å²) in [5, 5.41) is 11.5. The molecule has 0 unspecified atom stereocenters. The molecule has 3 rings (SSSR count). The highest BCUT2D eigenvalue weighted by Crippen LogP contribution is 2.33. The number of fused-ring (bicyclic) bond motifs is 1. The van der Waals surface area contributed by atoms with Crippen molar-refractivity contribution in [1.29, 1.82) is 0 Å². The van der Waals surface area contributed by atoms with Crippen LogP contribution in [0.4, 0.5) is 23.2 Å². The molecule has 0 spiro atoms. The van der Waals surface area contributed by atoms with Crippen LogP contribution in [0.3, 0.4) is 0 Å². The van der Waals surface area contributed by atoms with E-state index in [0.717, 1.165) is 6.07 Å². The fraction of sp³-hybridized carbons (Fsp3) is 0.353. The Morgan fingerprint density at radius 1 is 1.38 bits per heavy atom. The summed E-state index contributed by atoms with van der Waals surface area (Å²) < 4.78 is 80.6. The molecule has 29 heavy (non-hydrogen) atoms. The number of carbonyl (C=O) groups excluding carboxylic acids is 1. The number of amides is 1. The number of nitrogens with zero attached hydrogens (tertiary/aromatic N) is 1. The Bertz CT molecular complexity index is 1060. The van der Waals surface area contributed by atoms with Gasteiger partial charge in [0, 0.05) is 30.5 Å². The van der Waals surface area contributed by atoms with Gasteiger partial charge in [0.1, 0.15) is 16.4 Å². The number of carbonyl (C=O) groups is 1. The number of alkyl halides is 3. The zero-order valence-corrected chi connectivity index (χ0v) is 15.9. The number of aliphatic hydroxyl groups excluding tert-OH is 1. The Hall–Kier alpha value is -2.44. The second kappa shape index (κ2) is 7.43. The van der Waals surface area contributed by atoms with E-state index in [-0.39, 0.29) is 34.7 Å². The van der Waals surface area contributed by atoms with Crippen molar-refractivity contribution >= 4 is 21.6 Å². The third-order valence-electron chi connectivity index (χ3n) is 4.57. The van der Waals surface area contributed by atoms with Crippen LogP contribution in [0, 0.1) is 5.82 Å². The molecule has 2 aromatic rings. The number of aromatic nitrogens is 1. The monoisotopic (exact) mass is 435 g/mol. The van der Waals surface area contributed by atoms with Crippen LogP contribution in [0.2, 0.25) is 0 Å². The van der Waals surface area contributed by atoms with Crippen LogP contribution in [-0.2, 0) is 29.7 Å². The fourth-order valence-electron chi connectivity index (χ4n) is 3.22. The van der Waals surface area contributed by atoms with E-state index in [4.69, 9.17) is 0 Å². The fourth-order valence-corrected chi connectivity index (χ4v) is 4.80. The number of hydrogen-bond donors (Lipinski definition) is 3. The Kier molecular flexibility index (Phi) is 5.45. The van der Waals surface area contributed by atoms with E-state index in [2.05, 4.69) is 10.0 Å². The van der Waals surface area contributed by atoms with Gasteiger partial charge in [0.05, 0.1) is 12.2 Å². The Balaban J connectivity index is 1.98. The lowest BCUT2D eigenvalue weighted by Gasteiger charge is -2.13. The molecule has 158 valence electrons. The first-order chi connectivity index (χ1) is 13.4. The number of benzene rings is 1. The highest BCUT2D eigenvalue weighted by Gasteiger charge is 2.35. The van der Waals surface area contributed by atoms with Gasteiger partial charge in [0.25, 0.3) is 5.91 Å². The molecular formula is C17H17F4N3O4S. The van der Waals surface area contributed by atoms with E-state index in [1.165, 1.54) is 17.8 Å². The minimum absolute atomic E-state index is 0.0538. The first-order valence-corrected chi connectivity index (χ1v) is 9.92. The zero-order valence-electron chi connectivity index (χ0n) is 15.0. The topological polar surface area (TPSA) is 100 Å². The van der Waals surface area contributed by atoms with Crippen molar-refractivity contribution in [3.63, 3.8) is 0 Å². The first-order valence-electron chi connectivity index (χ1n) is 8.43. The minimum atomic E-state index is -4.94. The van der Waals surface area contributed by atoms with Crippen molar-refractivity contribution in [2.24, 2.45) is 7.05 Å². The van der Waals surface area contributed by atoms with Gasteiger partial charge in [-0.3, -0.25) is 4.79 Å². The molecule has 1 aliphatic heterocycles. The maximum atomic E-state index is 13.4. The summed E-state index contributed by atoms with van der Waals surface area (Å²) in [6, 6.07) is 1.31. The predicted molar refractivity (Wildman–Crippen MR) is 94.3 cm³/mol. The van der Waals surface area contributed by atoms with Gasteiger partial charge in [0.2, 0.25) is 10.0 Å². The highest BCUT2D eigenvalue weighted by molar-refractivity contribution is 7.89. The molecule has 1 aliphatic rings. The molecule has 0 radical (unpaired) electrons. The summed E-state index contributed by atoms with van der Waals surface area (Å²) in [5.74, 6) is -2.32. The molecule has 0 saturated heterocycles. The number of halogens is 4. The van der Waals surface area contributed by atoms with Gasteiger partial charge in [-0.2, -0.15) is 13.2 Å². The molecule has 7 nitrogen and oxygen atoms in total. The minimum Gasteiger partial charge on any atom is -0.395 e. The average molecular weight is 435 g/mol. The van der Waals surface area contributed by atoms with Crippen molar-refractivity contribution < 1.29 is 35.9 Å². The Morgan fingerprint density at radius 3 is 2.69 bits per heavy atom. The summed E-state index contributed by atoms with van der Waals surface area (Å²) in [5.41, 5.74) is -1.69. The first kappa shape index (κ1) is 21.3. The molecule has 0 bridgehead atoms. The summed E-state index contributed by atoms with van der Waals surface area (Å²) in [7, 11) is -2.56. The second-order valence-corrected chi connectivity index (χ2v) is 8.30. The van der Waals surface area contributed by atoms with Crippen LogP contribution in [0.25, 0.3) is 0 Å². The molecule has 0 aliphatic carbocycles. The van der Waals surface area contributed by atoms with E-state index < -0.39 is 46.1 Å². The van der Waals surface area contributed by atoms with Crippen molar-refractivity contribution in [1.82, 2.24) is 9.29 Å². The second-order valence-electron chi connectivity index (χ2n) is 6.62. The quantitative estimate of drug-likeness (QED) is 0.643. The average Bonchev–Trinajstić information content (AvgIpc) is 2.90. The van der Waals surface area contributed by atoms with Crippen LogP contribution in [0.15, 0.2) is 29.3 Å². The third kappa shape index (κ3) is 4.14. The summed E-state index contributed by atoms with van der Waals surface area (Å²) in [4.78, 5) is 12.6. The number of anilines is 1. The van der Waals surface area contributed by atoms with Gasteiger partial charge in [-0.25, -0.2) is 17.5 Å². The highest BCUT2D eigenvalue weighted by atomic mass is 32.2. The van der Waals surface area contributed by atoms with Crippen LogP contribution >= 0.6 is 0 Å². The molecule has 2 heterocycles. The maximum absolute atomic E-state index is 13.4. The van der Waals surface area contributed by atoms with Gasteiger partial charge >= 0.3 is 6.18 Å². The largest absolute Gasteiger partial charge is 0.419 e. The van der Waals surface area contributed by atoms with E-state index in [1.807, 2.05) is 0 Å². The van der Waals surface area contributed by atoms with Crippen molar-refractivity contribution in [2.75, 3.05) is 11.9 Å². The zero-order chi connectivity index (χ0) is 21.6. The summed E-state index contributed by atoms with van der Waals surface area (Å²) in [6.45, 7) is -0.424. The normalized spacial score (nSPS) is 18.8. The van der Waals surface area contributed by atoms with E-state index in [9.17, 15) is 35.9 Å². The lowest BCUT2D eigenvalue weighted by molar-refractivity contribution is -0.139. The molecular weight excluding hydrogens is 418 g/mol. The number of aliphatic hydroxyl groups is 1. The lowest BCUT2D eigenvalue weighted by atomic mass is 10.1. The molecule has 0 saturated carbocycles. The maximum Gasteiger partial charge on any atom is 0.419 e. The SMILES string of the molecule is Cn1cc2c(c1C(=O)Nc1ccc(F)c(C(F)(F)F)c1)CC[C@H](CO)NS2(=O)=O. The summed E-state index contributed by atoms with van der Waals surface area (Å²) in [6.07, 6.45) is -3.35. The van der Waals surface area contributed by atoms with Crippen molar-refractivity contribution in [3.05, 3.63) is 47.0 Å². The smallest absolute Gasteiger partial charge is 0.395 e. The van der Waals surface area contributed by atoms with E-state index in [1.54, 1.807) is 0 Å². The number of sulfonamides is 1. The Labute approximate surface area is 163 Å². The predicted octanol–water partition coefficient (Wildman–Crippen LogP) is 2.02. The Morgan fingerprint density at radius 2 is 2.07 bits per heavy atom. The molecule has 3 N–H and O–H groups in total. The number of nitrogens with one attached hydrogen (secondary N) is 2. The van der Waals surface area contributed by atoms with Gasteiger partial charge in [0.15, 0.2) is 0 Å². The number of aryl methyl sites for hydroxylation is 1. The van der Waals surface area contributed by atoms with Gasteiger partial charge in [-0.05, 0) is 31.0 Å². The molecule has 1 aromatic heterocycles. The van der Waals surface area contributed by atoms with E-state index >= 15 is 0 Å². The van der Waals surface area contributed by atoms with Gasteiger partial charge in [-0.1, -0.05) is 0 Å². The van der Waals surface area contributed by atoms with Crippen molar-refractivity contribution in [3.8, 4) is 0 Å². The van der Waals surface area contributed by atoms with Gasteiger partial charge < -0.3 is 15.0 Å². The molecule has 0 fully saturated rings. The molecule has 12 heteroatoms. The molecule has 1 amide bonds. The van der Waals surface area contributed by atoms with Crippen LogP contribution in [-0.4, -0.2) is 36.6 Å². The molecule has 1 aromatic carbocycles. The standard InChI is InChI=1S/C17H17F4N3O4S/c1-24-7-14-11(4-2-10(8-25)23-29(14,27)28)15(24)16(26)22-9-3-5-13(18)12(6-9)17(19,20)21/h3,5-7,10,23,25H,2,4,8H2,1H3,(H,22,26)/t10-/m1/s1. The van der Waals surface area contributed by atoms with E-state index in [0.29, 0.717) is 12.1 Å². The van der Waals surface area contributed by atoms with Crippen LogP contribution in [0.1, 0.15) is 28.0 Å². The third-order valence-corrected chi connectivity index (χ3v) is 6.14. The lowest BCUT2D eigenvalue weighted by Crippen LogP contribution is -2.36. The summed E-state index contributed by atoms with van der Waals surface area (Å²) >= 11 is 0. The van der Waals surface area contributed by atoms with Gasteiger partial charge in [-0.15, -0.1) is 0 Å². The molecule has 1 atom stereocenters. The van der Waals surface area contributed by atoms with Crippen LogP contribution in [0.5, 0.6) is 0 Å².